The van der Waals surface area contributed by atoms with Crippen LogP contribution in [0.5, 0.6) is 0 Å². The molecule has 0 aliphatic carbocycles. The number of pyridine rings is 1. The zero-order valence-electron chi connectivity index (χ0n) is 9.86. The second kappa shape index (κ2) is 5.33. The van der Waals surface area contributed by atoms with E-state index >= 15 is 0 Å². The van der Waals surface area contributed by atoms with Gasteiger partial charge >= 0.3 is 0 Å². The first-order valence-electron chi connectivity index (χ1n) is 5.11. The molecule has 1 atom stereocenters. The van der Waals surface area contributed by atoms with Gasteiger partial charge in [0.2, 0.25) is 0 Å². The first-order chi connectivity index (χ1) is 7.52. The molecule has 5 nitrogen and oxygen atoms in total. The van der Waals surface area contributed by atoms with Crippen LogP contribution < -0.4 is 11.1 Å². The zero-order valence-corrected chi connectivity index (χ0v) is 9.86. The van der Waals surface area contributed by atoms with Crippen molar-refractivity contribution in [2.45, 2.75) is 13.0 Å². The van der Waals surface area contributed by atoms with Gasteiger partial charge in [0.25, 0.3) is 0 Å². The molecule has 0 amide bonds. The molecule has 16 heavy (non-hydrogen) atoms. The minimum absolute atomic E-state index is 0.262. The average molecular weight is 219 g/mol. The molecule has 1 heterocycles. The molecule has 0 saturated carbocycles. The number of likely N-dealkylation sites (N-methyl/N-ethyl adjacent to an activating group) is 1. The van der Waals surface area contributed by atoms with Crippen LogP contribution in [-0.4, -0.2) is 36.6 Å². The van der Waals surface area contributed by atoms with Gasteiger partial charge in [0.1, 0.15) is 11.9 Å². The third kappa shape index (κ3) is 3.41. The minimum Gasteiger partial charge on any atom is -0.396 e. The summed E-state index contributed by atoms with van der Waals surface area (Å²) in [5, 5.41) is 12.0. The maximum atomic E-state index is 8.79. The SMILES string of the molecule is CC(CN(C)C)Nc1ccc(N)c(C#N)n1. The van der Waals surface area contributed by atoms with Crippen LogP contribution in [0.4, 0.5) is 11.5 Å². The quantitative estimate of drug-likeness (QED) is 0.786. The summed E-state index contributed by atoms with van der Waals surface area (Å²) in [4.78, 5) is 6.21. The van der Waals surface area contributed by atoms with Gasteiger partial charge in [-0.05, 0) is 33.2 Å². The fraction of sp³-hybridized carbons (Fsp3) is 0.455. The van der Waals surface area contributed by atoms with Gasteiger partial charge < -0.3 is 16.0 Å². The van der Waals surface area contributed by atoms with Crippen molar-refractivity contribution in [2.24, 2.45) is 0 Å². The summed E-state index contributed by atoms with van der Waals surface area (Å²) < 4.78 is 0. The molecule has 1 unspecified atom stereocenters. The summed E-state index contributed by atoms with van der Waals surface area (Å²) in [6.45, 7) is 2.96. The van der Waals surface area contributed by atoms with Crippen molar-refractivity contribution < 1.29 is 0 Å². The Labute approximate surface area is 95.9 Å². The molecule has 0 spiro atoms. The van der Waals surface area contributed by atoms with Gasteiger partial charge in [0, 0.05) is 12.6 Å². The van der Waals surface area contributed by atoms with E-state index in [1.807, 2.05) is 20.2 Å². The fourth-order valence-corrected chi connectivity index (χ4v) is 1.49. The molecule has 0 saturated heterocycles. The summed E-state index contributed by atoms with van der Waals surface area (Å²) in [5.41, 5.74) is 6.27. The van der Waals surface area contributed by atoms with Gasteiger partial charge in [-0.3, -0.25) is 0 Å². The number of hydrogen-bond acceptors (Lipinski definition) is 5. The Hall–Kier alpha value is -1.80. The molecule has 0 aliphatic heterocycles. The second-order valence-electron chi connectivity index (χ2n) is 4.05. The Kier molecular flexibility index (Phi) is 4.09. The molecule has 1 rings (SSSR count). The van der Waals surface area contributed by atoms with Crippen LogP contribution in [0.25, 0.3) is 0 Å². The van der Waals surface area contributed by atoms with Gasteiger partial charge in [0.15, 0.2) is 5.69 Å². The van der Waals surface area contributed by atoms with E-state index in [9.17, 15) is 0 Å². The highest BCUT2D eigenvalue weighted by atomic mass is 15.1. The third-order valence-corrected chi connectivity index (χ3v) is 2.07. The molecule has 1 aromatic rings. The largest absolute Gasteiger partial charge is 0.396 e. The highest BCUT2D eigenvalue weighted by molar-refractivity contribution is 5.54. The molecular weight excluding hydrogens is 202 g/mol. The maximum Gasteiger partial charge on any atom is 0.165 e. The van der Waals surface area contributed by atoms with E-state index in [1.165, 1.54) is 0 Å². The van der Waals surface area contributed by atoms with Crippen molar-refractivity contribution in [1.82, 2.24) is 9.88 Å². The lowest BCUT2D eigenvalue weighted by molar-refractivity contribution is 0.392. The zero-order chi connectivity index (χ0) is 12.1. The third-order valence-electron chi connectivity index (χ3n) is 2.07. The van der Waals surface area contributed by atoms with Crippen LogP contribution in [-0.2, 0) is 0 Å². The van der Waals surface area contributed by atoms with Crippen LogP contribution >= 0.6 is 0 Å². The Bertz CT molecular complexity index is 394. The van der Waals surface area contributed by atoms with E-state index in [4.69, 9.17) is 11.0 Å². The molecule has 5 heteroatoms. The summed E-state index contributed by atoms with van der Waals surface area (Å²) in [6.07, 6.45) is 0. The Balaban J connectivity index is 2.71. The molecule has 0 fully saturated rings. The van der Waals surface area contributed by atoms with Crippen molar-refractivity contribution in [2.75, 3.05) is 31.7 Å². The van der Waals surface area contributed by atoms with Crippen LogP contribution in [0, 0.1) is 11.3 Å². The second-order valence-corrected chi connectivity index (χ2v) is 4.05. The van der Waals surface area contributed by atoms with Crippen LogP contribution in [0.2, 0.25) is 0 Å². The van der Waals surface area contributed by atoms with E-state index in [0.29, 0.717) is 11.5 Å². The van der Waals surface area contributed by atoms with E-state index in [1.54, 1.807) is 12.1 Å². The Morgan fingerprint density at radius 3 is 2.81 bits per heavy atom. The van der Waals surface area contributed by atoms with Gasteiger partial charge in [-0.1, -0.05) is 0 Å². The van der Waals surface area contributed by atoms with Gasteiger partial charge in [-0.15, -0.1) is 0 Å². The summed E-state index contributed by atoms with van der Waals surface area (Å²) in [7, 11) is 4.02. The standard InChI is InChI=1S/C11H17N5/c1-8(7-16(2)3)14-11-5-4-9(13)10(6-12)15-11/h4-5,8H,7,13H2,1-3H3,(H,14,15). The lowest BCUT2D eigenvalue weighted by Crippen LogP contribution is -2.30. The normalized spacial score (nSPS) is 12.2. The van der Waals surface area contributed by atoms with Crippen molar-refractivity contribution in [3.05, 3.63) is 17.8 Å². The molecule has 0 bridgehead atoms. The molecule has 86 valence electrons. The highest BCUT2D eigenvalue weighted by Gasteiger charge is 2.06. The number of anilines is 2. The highest BCUT2D eigenvalue weighted by Crippen LogP contribution is 2.12. The molecule has 0 aromatic carbocycles. The molecule has 0 aliphatic rings. The number of rotatable bonds is 4. The smallest absolute Gasteiger partial charge is 0.165 e. The lowest BCUT2D eigenvalue weighted by atomic mass is 10.3. The van der Waals surface area contributed by atoms with Crippen LogP contribution in [0.15, 0.2) is 12.1 Å². The van der Waals surface area contributed by atoms with Crippen molar-refractivity contribution in [1.29, 1.82) is 5.26 Å². The number of nitriles is 1. The van der Waals surface area contributed by atoms with Crippen LogP contribution in [0.1, 0.15) is 12.6 Å². The van der Waals surface area contributed by atoms with E-state index in [2.05, 4.69) is 22.1 Å². The van der Waals surface area contributed by atoms with E-state index < -0.39 is 0 Å². The first-order valence-corrected chi connectivity index (χ1v) is 5.11. The van der Waals surface area contributed by atoms with Gasteiger partial charge in [-0.2, -0.15) is 5.26 Å². The van der Waals surface area contributed by atoms with Crippen molar-refractivity contribution in [3.8, 4) is 6.07 Å². The Morgan fingerprint density at radius 1 is 1.56 bits per heavy atom. The summed E-state index contributed by atoms with van der Waals surface area (Å²) in [5.74, 6) is 0.681. The summed E-state index contributed by atoms with van der Waals surface area (Å²) in [6, 6.07) is 5.70. The van der Waals surface area contributed by atoms with Gasteiger partial charge in [-0.25, -0.2) is 4.98 Å². The van der Waals surface area contributed by atoms with E-state index in [0.717, 1.165) is 6.54 Å². The first kappa shape index (κ1) is 12.3. The molecule has 1 aromatic heterocycles. The molecule has 0 radical (unpaired) electrons. The van der Waals surface area contributed by atoms with Crippen LogP contribution in [0.3, 0.4) is 0 Å². The predicted molar refractivity (Wildman–Crippen MR) is 65.0 cm³/mol. The monoisotopic (exact) mass is 219 g/mol. The number of nitrogen functional groups attached to an aromatic ring is 1. The van der Waals surface area contributed by atoms with E-state index in [-0.39, 0.29) is 11.7 Å². The maximum absolute atomic E-state index is 8.79. The summed E-state index contributed by atoms with van der Waals surface area (Å²) >= 11 is 0. The number of aromatic nitrogens is 1. The number of nitrogens with two attached hydrogens (primary N) is 1. The number of nitrogens with zero attached hydrogens (tertiary/aromatic N) is 3. The number of hydrogen-bond donors (Lipinski definition) is 2. The predicted octanol–water partition coefficient (Wildman–Crippen LogP) is 0.897. The number of nitrogens with one attached hydrogen (secondary N) is 1. The minimum atomic E-state index is 0.262. The Morgan fingerprint density at radius 2 is 2.25 bits per heavy atom. The topological polar surface area (TPSA) is 78.0 Å². The van der Waals surface area contributed by atoms with Crippen molar-refractivity contribution >= 4 is 11.5 Å². The molecular formula is C11H17N5. The van der Waals surface area contributed by atoms with Gasteiger partial charge in [0.05, 0.1) is 5.69 Å². The fourth-order valence-electron chi connectivity index (χ4n) is 1.49. The average Bonchev–Trinajstić information content (AvgIpc) is 2.19. The lowest BCUT2D eigenvalue weighted by Gasteiger charge is -2.18. The molecule has 3 N–H and O–H groups in total. The van der Waals surface area contributed by atoms with Crippen molar-refractivity contribution in [3.63, 3.8) is 0 Å².